The Kier molecular flexibility index (Phi) is 3.45. The predicted octanol–water partition coefficient (Wildman–Crippen LogP) is 1.65. The number of esters is 1. The van der Waals surface area contributed by atoms with E-state index < -0.39 is 6.10 Å². The number of amides is 1. The molecule has 0 radical (unpaired) electrons. The maximum atomic E-state index is 12.2. The van der Waals surface area contributed by atoms with Crippen molar-refractivity contribution in [2.24, 2.45) is 0 Å². The average Bonchev–Trinajstić information content (AvgIpc) is 3.15. The van der Waals surface area contributed by atoms with Gasteiger partial charge in [-0.25, -0.2) is 4.79 Å². The van der Waals surface area contributed by atoms with Gasteiger partial charge >= 0.3 is 5.97 Å². The van der Waals surface area contributed by atoms with E-state index in [9.17, 15) is 9.59 Å². The Morgan fingerprint density at radius 3 is 2.92 bits per heavy atom. The van der Waals surface area contributed by atoms with Crippen molar-refractivity contribution in [2.75, 3.05) is 0 Å². The minimum Gasteiger partial charge on any atom is -0.453 e. The zero-order chi connectivity index (χ0) is 16.5. The number of carbonyl (C=O) groups is 2. The molecule has 4 rings (SSSR count). The number of benzene rings is 1. The maximum absolute atomic E-state index is 12.2. The van der Waals surface area contributed by atoms with Crippen LogP contribution in [0.4, 0.5) is 0 Å². The molecule has 24 heavy (non-hydrogen) atoms. The number of pyridine rings is 1. The monoisotopic (exact) mass is 322 g/mol. The number of ether oxygens (including phenoxy) is 1. The molecule has 120 valence electrons. The molecule has 1 N–H and O–H groups in total. The van der Waals surface area contributed by atoms with Gasteiger partial charge in [-0.05, 0) is 18.2 Å². The molecule has 0 saturated carbocycles. The summed E-state index contributed by atoms with van der Waals surface area (Å²) in [4.78, 5) is 24.0. The second kappa shape index (κ2) is 5.77. The first-order chi connectivity index (χ1) is 11.7. The number of hydrogen-bond acceptors (Lipinski definition) is 5. The molecule has 1 aliphatic heterocycles. The third-order valence-corrected chi connectivity index (χ3v) is 3.98. The van der Waals surface area contributed by atoms with Gasteiger partial charge in [0, 0.05) is 11.8 Å². The standard InChI is InChI=1S/C17H14N4O3/c22-16(9-13-11-5-1-2-6-12(11)17(23)24-13)18-10-15-20-19-14-7-3-4-8-21(14)15/h1-8,13H,9-10H2,(H,18,22)/t13-/m1/s1. The summed E-state index contributed by atoms with van der Waals surface area (Å²) in [6.45, 7) is 0.256. The molecule has 3 aromatic rings. The van der Waals surface area contributed by atoms with Crippen molar-refractivity contribution in [3.8, 4) is 0 Å². The fraction of sp³-hybridized carbons (Fsp3) is 0.176. The Balaban J connectivity index is 1.42. The van der Waals surface area contributed by atoms with Gasteiger partial charge in [0.1, 0.15) is 6.10 Å². The zero-order valence-corrected chi connectivity index (χ0v) is 12.7. The van der Waals surface area contributed by atoms with Gasteiger partial charge < -0.3 is 10.1 Å². The highest BCUT2D eigenvalue weighted by Crippen LogP contribution is 2.32. The van der Waals surface area contributed by atoms with Crippen LogP contribution in [0.3, 0.4) is 0 Å². The lowest BCUT2D eigenvalue weighted by molar-refractivity contribution is -0.123. The number of nitrogens with zero attached hydrogens (tertiary/aromatic N) is 3. The number of rotatable bonds is 4. The van der Waals surface area contributed by atoms with E-state index in [4.69, 9.17) is 4.74 Å². The van der Waals surface area contributed by atoms with E-state index >= 15 is 0 Å². The topological polar surface area (TPSA) is 85.6 Å². The second-order valence-corrected chi connectivity index (χ2v) is 5.51. The van der Waals surface area contributed by atoms with Crippen LogP contribution in [0.2, 0.25) is 0 Å². The molecule has 0 spiro atoms. The molecule has 3 heterocycles. The van der Waals surface area contributed by atoms with Gasteiger partial charge in [-0.3, -0.25) is 9.20 Å². The second-order valence-electron chi connectivity index (χ2n) is 5.51. The molecule has 0 fully saturated rings. The van der Waals surface area contributed by atoms with E-state index in [0.717, 1.165) is 11.2 Å². The van der Waals surface area contributed by atoms with E-state index in [0.29, 0.717) is 11.4 Å². The van der Waals surface area contributed by atoms with E-state index in [2.05, 4.69) is 15.5 Å². The van der Waals surface area contributed by atoms with Crippen molar-refractivity contribution < 1.29 is 14.3 Å². The molecule has 2 aromatic heterocycles. The van der Waals surface area contributed by atoms with Crippen molar-refractivity contribution in [1.82, 2.24) is 19.9 Å². The number of cyclic esters (lactones) is 1. The summed E-state index contributed by atoms with van der Waals surface area (Å²) < 4.78 is 7.09. The molecule has 0 aliphatic carbocycles. The van der Waals surface area contributed by atoms with E-state index in [-0.39, 0.29) is 24.8 Å². The van der Waals surface area contributed by atoms with Crippen LogP contribution in [0.5, 0.6) is 0 Å². The van der Waals surface area contributed by atoms with Crippen LogP contribution < -0.4 is 5.32 Å². The van der Waals surface area contributed by atoms with Crippen molar-refractivity contribution in [3.63, 3.8) is 0 Å². The lowest BCUT2D eigenvalue weighted by atomic mass is 10.0. The lowest BCUT2D eigenvalue weighted by Crippen LogP contribution is -2.25. The zero-order valence-electron chi connectivity index (χ0n) is 12.7. The summed E-state index contributed by atoms with van der Waals surface area (Å²) in [5.41, 5.74) is 2.00. The highest BCUT2D eigenvalue weighted by atomic mass is 16.5. The van der Waals surface area contributed by atoms with Gasteiger partial charge in [-0.1, -0.05) is 24.3 Å². The molecule has 1 atom stereocenters. The molecule has 1 aromatic carbocycles. The van der Waals surface area contributed by atoms with Gasteiger partial charge in [0.2, 0.25) is 5.91 Å². The summed E-state index contributed by atoms with van der Waals surface area (Å²) in [5.74, 6) is 0.0480. The fourth-order valence-corrected chi connectivity index (χ4v) is 2.80. The summed E-state index contributed by atoms with van der Waals surface area (Å²) in [6.07, 6.45) is 1.38. The molecule has 0 saturated heterocycles. The van der Waals surface area contributed by atoms with Gasteiger partial charge in [0.15, 0.2) is 11.5 Å². The van der Waals surface area contributed by atoms with Gasteiger partial charge in [-0.15, -0.1) is 10.2 Å². The molecular formula is C17H14N4O3. The van der Waals surface area contributed by atoms with Crippen molar-refractivity contribution in [1.29, 1.82) is 0 Å². The summed E-state index contributed by atoms with van der Waals surface area (Å²) >= 11 is 0. The average molecular weight is 322 g/mol. The minimum absolute atomic E-state index is 0.0828. The van der Waals surface area contributed by atoms with Crippen molar-refractivity contribution >= 4 is 17.5 Å². The first kappa shape index (κ1) is 14.4. The van der Waals surface area contributed by atoms with Crippen LogP contribution in [0.1, 0.15) is 34.3 Å². The Morgan fingerprint density at radius 1 is 1.17 bits per heavy atom. The predicted molar refractivity (Wildman–Crippen MR) is 84.0 cm³/mol. The van der Waals surface area contributed by atoms with Crippen LogP contribution in [0.25, 0.3) is 5.65 Å². The van der Waals surface area contributed by atoms with Gasteiger partial charge in [0.05, 0.1) is 18.5 Å². The smallest absolute Gasteiger partial charge is 0.339 e. The summed E-state index contributed by atoms with van der Waals surface area (Å²) in [7, 11) is 0. The highest BCUT2D eigenvalue weighted by Gasteiger charge is 2.31. The van der Waals surface area contributed by atoms with Gasteiger partial charge in [0.25, 0.3) is 0 Å². The Morgan fingerprint density at radius 2 is 2.00 bits per heavy atom. The highest BCUT2D eigenvalue weighted by molar-refractivity contribution is 5.94. The van der Waals surface area contributed by atoms with E-state index in [1.165, 1.54) is 0 Å². The van der Waals surface area contributed by atoms with Crippen molar-refractivity contribution in [2.45, 2.75) is 19.1 Å². The number of carbonyl (C=O) groups excluding carboxylic acids is 2. The van der Waals surface area contributed by atoms with Crippen molar-refractivity contribution in [3.05, 3.63) is 65.6 Å². The first-order valence-corrected chi connectivity index (χ1v) is 7.57. The maximum Gasteiger partial charge on any atom is 0.339 e. The molecule has 7 heteroatoms. The number of fused-ring (bicyclic) bond motifs is 2. The minimum atomic E-state index is -0.538. The third-order valence-electron chi connectivity index (χ3n) is 3.98. The molecule has 0 unspecified atom stereocenters. The molecular weight excluding hydrogens is 308 g/mol. The largest absolute Gasteiger partial charge is 0.453 e. The number of hydrogen-bond donors (Lipinski definition) is 1. The van der Waals surface area contributed by atoms with Crippen LogP contribution in [0, 0.1) is 0 Å². The third kappa shape index (κ3) is 2.50. The molecule has 1 amide bonds. The Hall–Kier alpha value is -3.22. The van der Waals surface area contributed by atoms with Gasteiger partial charge in [-0.2, -0.15) is 0 Å². The lowest BCUT2D eigenvalue weighted by Gasteiger charge is -2.10. The van der Waals surface area contributed by atoms with Crippen LogP contribution in [0.15, 0.2) is 48.7 Å². The summed E-state index contributed by atoms with van der Waals surface area (Å²) in [5, 5.41) is 10.9. The first-order valence-electron chi connectivity index (χ1n) is 7.57. The molecule has 0 bridgehead atoms. The van der Waals surface area contributed by atoms with Crippen LogP contribution >= 0.6 is 0 Å². The van der Waals surface area contributed by atoms with E-state index in [1.807, 2.05) is 40.9 Å². The molecule has 7 nitrogen and oxygen atoms in total. The Bertz CT molecular complexity index is 934. The quantitative estimate of drug-likeness (QED) is 0.738. The normalized spacial score (nSPS) is 16.0. The van der Waals surface area contributed by atoms with Crippen LogP contribution in [-0.2, 0) is 16.1 Å². The SMILES string of the molecule is O=C(C[C@H]1OC(=O)c2ccccc21)NCc1nnc2ccccn12. The number of aromatic nitrogens is 3. The summed E-state index contributed by atoms with van der Waals surface area (Å²) in [6, 6.07) is 12.7. The number of nitrogens with one attached hydrogen (secondary N) is 1. The van der Waals surface area contributed by atoms with E-state index in [1.54, 1.807) is 12.1 Å². The Labute approximate surface area is 137 Å². The molecule has 1 aliphatic rings. The fourth-order valence-electron chi connectivity index (χ4n) is 2.80. The van der Waals surface area contributed by atoms with Crippen LogP contribution in [-0.4, -0.2) is 26.5 Å².